The van der Waals surface area contributed by atoms with Gasteiger partial charge in [-0.2, -0.15) is 0 Å². The van der Waals surface area contributed by atoms with Crippen LogP contribution < -0.4 is 0 Å². The lowest BCUT2D eigenvalue weighted by molar-refractivity contribution is -0.144. The van der Waals surface area contributed by atoms with E-state index in [1.165, 1.54) is 6.42 Å². The summed E-state index contributed by atoms with van der Waals surface area (Å²) in [6, 6.07) is 0. The van der Waals surface area contributed by atoms with Gasteiger partial charge in [0.2, 0.25) is 0 Å². The second kappa shape index (κ2) is 6.39. The highest BCUT2D eigenvalue weighted by atomic mass is 16.4. The molecule has 0 aromatic heterocycles. The molecule has 1 saturated heterocycles. The first-order chi connectivity index (χ1) is 7.88. The molecule has 0 amide bonds. The van der Waals surface area contributed by atoms with Gasteiger partial charge in [-0.15, -0.1) is 0 Å². The maximum Gasteiger partial charge on any atom is 0.307 e. The Balaban J connectivity index is 2.44. The summed E-state index contributed by atoms with van der Waals surface area (Å²) >= 11 is 0. The molecule has 3 nitrogen and oxygen atoms in total. The van der Waals surface area contributed by atoms with Crippen molar-refractivity contribution in [3.05, 3.63) is 0 Å². The molecule has 0 bridgehead atoms. The van der Waals surface area contributed by atoms with Crippen molar-refractivity contribution in [3.63, 3.8) is 0 Å². The fourth-order valence-electron chi connectivity index (χ4n) is 3.11. The van der Waals surface area contributed by atoms with Crippen LogP contribution in [-0.2, 0) is 4.79 Å². The van der Waals surface area contributed by atoms with Crippen molar-refractivity contribution in [3.8, 4) is 0 Å². The summed E-state index contributed by atoms with van der Waals surface area (Å²) in [5.74, 6) is 1.11. The molecule has 1 rings (SSSR count). The third-order valence-corrected chi connectivity index (χ3v) is 3.53. The van der Waals surface area contributed by atoms with E-state index >= 15 is 0 Å². The van der Waals surface area contributed by atoms with E-state index < -0.39 is 5.97 Å². The predicted molar refractivity (Wildman–Crippen MR) is 70.0 cm³/mol. The van der Waals surface area contributed by atoms with Crippen LogP contribution in [0.5, 0.6) is 0 Å². The minimum absolute atomic E-state index is 0.162. The highest BCUT2D eigenvalue weighted by Crippen LogP contribution is 2.23. The van der Waals surface area contributed by atoms with Crippen molar-refractivity contribution in [2.24, 2.45) is 23.7 Å². The summed E-state index contributed by atoms with van der Waals surface area (Å²) in [6.45, 7) is 11.8. The summed E-state index contributed by atoms with van der Waals surface area (Å²) in [5, 5.41) is 9.13. The normalized spacial score (nSPS) is 28.3. The lowest BCUT2D eigenvalue weighted by Gasteiger charge is -2.36. The van der Waals surface area contributed by atoms with Crippen LogP contribution in [0.1, 0.15) is 40.5 Å². The molecule has 1 heterocycles. The van der Waals surface area contributed by atoms with Gasteiger partial charge < -0.3 is 10.0 Å². The monoisotopic (exact) mass is 241 g/mol. The van der Waals surface area contributed by atoms with E-state index in [0.717, 1.165) is 32.0 Å². The largest absolute Gasteiger partial charge is 0.481 e. The number of carboxylic acid groups (broad SMARTS) is 1. The molecule has 1 aliphatic rings. The van der Waals surface area contributed by atoms with Gasteiger partial charge in [-0.1, -0.05) is 27.7 Å². The molecule has 0 spiro atoms. The molecule has 3 atom stereocenters. The average Bonchev–Trinajstić information content (AvgIpc) is 2.14. The van der Waals surface area contributed by atoms with Crippen LogP contribution in [0.3, 0.4) is 0 Å². The SMILES string of the molecule is CC(C)CC(C)CN1CC(C)CC(C(=O)O)C1. The first-order valence-electron chi connectivity index (χ1n) is 6.83. The Morgan fingerprint density at radius 3 is 2.53 bits per heavy atom. The number of carboxylic acids is 1. The molecule has 3 heteroatoms. The number of hydrogen-bond donors (Lipinski definition) is 1. The Kier molecular flexibility index (Phi) is 5.44. The zero-order valence-electron chi connectivity index (χ0n) is 11.6. The zero-order chi connectivity index (χ0) is 13.0. The Bertz CT molecular complexity index is 253. The molecule has 3 unspecified atom stereocenters. The molecule has 1 N–H and O–H groups in total. The number of carbonyl (C=O) groups is 1. The van der Waals surface area contributed by atoms with E-state index in [1.807, 2.05) is 0 Å². The molecular formula is C14H27NO2. The van der Waals surface area contributed by atoms with Gasteiger partial charge in [0, 0.05) is 19.6 Å². The van der Waals surface area contributed by atoms with Gasteiger partial charge in [-0.25, -0.2) is 0 Å². The van der Waals surface area contributed by atoms with Gasteiger partial charge >= 0.3 is 5.97 Å². The lowest BCUT2D eigenvalue weighted by atomic mass is 9.89. The van der Waals surface area contributed by atoms with Gasteiger partial charge in [0.1, 0.15) is 0 Å². The van der Waals surface area contributed by atoms with E-state index in [0.29, 0.717) is 11.8 Å². The van der Waals surface area contributed by atoms with Crippen LogP contribution in [-0.4, -0.2) is 35.6 Å². The molecule has 0 aromatic carbocycles. The Morgan fingerprint density at radius 1 is 1.35 bits per heavy atom. The average molecular weight is 241 g/mol. The van der Waals surface area contributed by atoms with Gasteiger partial charge in [0.15, 0.2) is 0 Å². The molecule has 1 aliphatic heterocycles. The van der Waals surface area contributed by atoms with E-state index in [1.54, 1.807) is 0 Å². The molecule has 100 valence electrons. The molecule has 1 fully saturated rings. The van der Waals surface area contributed by atoms with Crippen LogP contribution >= 0.6 is 0 Å². The number of likely N-dealkylation sites (tertiary alicyclic amines) is 1. The van der Waals surface area contributed by atoms with Gasteiger partial charge in [0.05, 0.1) is 5.92 Å². The number of piperidine rings is 1. The van der Waals surface area contributed by atoms with Crippen LogP contribution in [0.25, 0.3) is 0 Å². The minimum Gasteiger partial charge on any atom is -0.481 e. The Labute approximate surface area is 105 Å². The minimum atomic E-state index is -0.627. The number of hydrogen-bond acceptors (Lipinski definition) is 2. The second-order valence-electron chi connectivity index (χ2n) is 6.33. The van der Waals surface area contributed by atoms with Crippen molar-refractivity contribution in [1.29, 1.82) is 0 Å². The van der Waals surface area contributed by atoms with Crippen LogP contribution in [0, 0.1) is 23.7 Å². The van der Waals surface area contributed by atoms with E-state index in [9.17, 15) is 4.79 Å². The third-order valence-electron chi connectivity index (χ3n) is 3.53. The van der Waals surface area contributed by atoms with Gasteiger partial charge in [-0.3, -0.25) is 4.79 Å². The first-order valence-corrected chi connectivity index (χ1v) is 6.83. The fourth-order valence-corrected chi connectivity index (χ4v) is 3.11. The first kappa shape index (κ1) is 14.5. The summed E-state index contributed by atoms with van der Waals surface area (Å²) < 4.78 is 0. The quantitative estimate of drug-likeness (QED) is 0.804. The highest BCUT2D eigenvalue weighted by molar-refractivity contribution is 5.70. The molecular weight excluding hydrogens is 214 g/mol. The summed E-state index contributed by atoms with van der Waals surface area (Å²) in [5.41, 5.74) is 0. The smallest absolute Gasteiger partial charge is 0.307 e. The lowest BCUT2D eigenvalue weighted by Crippen LogP contribution is -2.44. The molecule has 17 heavy (non-hydrogen) atoms. The fraction of sp³-hybridized carbons (Fsp3) is 0.929. The number of aliphatic carboxylic acids is 1. The van der Waals surface area contributed by atoms with Gasteiger partial charge in [0.25, 0.3) is 0 Å². The highest BCUT2D eigenvalue weighted by Gasteiger charge is 2.29. The van der Waals surface area contributed by atoms with E-state index in [2.05, 4.69) is 32.6 Å². The Hall–Kier alpha value is -0.570. The summed E-state index contributed by atoms with van der Waals surface area (Å²) in [6.07, 6.45) is 2.06. The third kappa shape index (κ3) is 5.07. The predicted octanol–water partition coefficient (Wildman–Crippen LogP) is 2.71. The molecule has 0 saturated carbocycles. The van der Waals surface area contributed by atoms with Crippen molar-refractivity contribution in [2.45, 2.75) is 40.5 Å². The maximum atomic E-state index is 11.1. The topological polar surface area (TPSA) is 40.5 Å². The van der Waals surface area contributed by atoms with Crippen molar-refractivity contribution in [2.75, 3.05) is 19.6 Å². The summed E-state index contributed by atoms with van der Waals surface area (Å²) in [7, 11) is 0. The van der Waals surface area contributed by atoms with Crippen molar-refractivity contribution < 1.29 is 9.90 Å². The van der Waals surface area contributed by atoms with Crippen LogP contribution in [0.2, 0.25) is 0 Å². The van der Waals surface area contributed by atoms with Crippen molar-refractivity contribution in [1.82, 2.24) is 4.90 Å². The van der Waals surface area contributed by atoms with E-state index in [4.69, 9.17) is 5.11 Å². The zero-order valence-corrected chi connectivity index (χ0v) is 11.6. The number of rotatable bonds is 5. The van der Waals surface area contributed by atoms with E-state index in [-0.39, 0.29) is 5.92 Å². The van der Waals surface area contributed by atoms with Gasteiger partial charge in [-0.05, 0) is 30.6 Å². The number of nitrogens with zero attached hydrogens (tertiary/aromatic N) is 1. The summed E-state index contributed by atoms with van der Waals surface area (Å²) in [4.78, 5) is 13.4. The molecule has 0 radical (unpaired) electrons. The molecule has 0 aromatic rings. The molecule has 0 aliphatic carbocycles. The van der Waals surface area contributed by atoms with Crippen molar-refractivity contribution >= 4 is 5.97 Å². The maximum absolute atomic E-state index is 11.1. The van der Waals surface area contributed by atoms with Crippen LogP contribution in [0.15, 0.2) is 0 Å². The Morgan fingerprint density at radius 2 is 2.00 bits per heavy atom. The second-order valence-corrected chi connectivity index (χ2v) is 6.33. The standard InChI is InChI=1S/C14H27NO2/c1-10(2)5-11(3)7-15-8-12(4)6-13(9-15)14(16)17/h10-13H,5-9H2,1-4H3,(H,16,17). The van der Waals surface area contributed by atoms with Crippen LogP contribution in [0.4, 0.5) is 0 Å².